The second-order valence-corrected chi connectivity index (χ2v) is 16.5. The van der Waals surface area contributed by atoms with Gasteiger partial charge in [0.25, 0.3) is 0 Å². The van der Waals surface area contributed by atoms with E-state index in [-0.39, 0.29) is 0 Å². The molecule has 2 nitrogen and oxygen atoms in total. The van der Waals surface area contributed by atoms with Gasteiger partial charge < -0.3 is 0 Å². The van der Waals surface area contributed by atoms with E-state index in [1.54, 1.807) is 0 Å². The molecule has 0 aliphatic heterocycles. The van der Waals surface area contributed by atoms with Crippen LogP contribution in [-0.4, -0.2) is 9.97 Å². The lowest BCUT2D eigenvalue weighted by Gasteiger charge is -2.17. The lowest BCUT2D eigenvalue weighted by atomic mass is 9.86. The molecule has 13 rings (SSSR count). The first kappa shape index (κ1) is 34.6. The van der Waals surface area contributed by atoms with Crippen LogP contribution in [0.5, 0.6) is 0 Å². The summed E-state index contributed by atoms with van der Waals surface area (Å²) in [6.07, 6.45) is 0. The Labute approximate surface area is 358 Å². The van der Waals surface area contributed by atoms with Gasteiger partial charge >= 0.3 is 0 Å². The molecule has 1 aromatic heterocycles. The Morgan fingerprint density at radius 2 is 0.661 bits per heavy atom. The molecule has 0 N–H and O–H groups in total. The largest absolute Gasteiger partial charge is 0.228 e. The van der Waals surface area contributed by atoms with Crippen molar-refractivity contribution in [1.82, 2.24) is 9.97 Å². The molecule has 286 valence electrons. The van der Waals surface area contributed by atoms with Gasteiger partial charge in [-0.05, 0) is 128 Å². The molecule has 0 aliphatic rings. The molecule has 0 amide bonds. The van der Waals surface area contributed by atoms with E-state index < -0.39 is 0 Å². The van der Waals surface area contributed by atoms with Crippen LogP contribution in [0.2, 0.25) is 0 Å². The number of benzene rings is 11. The average molecular weight is 785 g/mol. The SMILES string of the molecule is c1ccc(-c2nc(-c3ccc(-c4cccc(-c5cc6ccc7cccc8c9cccc%10ccc%11cccc(c(c5)c6c78)c%11c%109)c4)cc3)cc(-c3ccc4ccccc4c3)n2)cc1. The third kappa shape index (κ3) is 5.51. The number of fused-ring (bicyclic) bond motifs is 3. The number of hydrogen-bond donors (Lipinski definition) is 0. The van der Waals surface area contributed by atoms with Crippen LogP contribution in [0.1, 0.15) is 0 Å². The van der Waals surface area contributed by atoms with Gasteiger partial charge in [-0.15, -0.1) is 0 Å². The second-order valence-electron chi connectivity index (χ2n) is 16.5. The standard InChI is InChI=1S/C60H36N2/c1-2-11-43(12-3-1)60-61-54(36-55(62-60)47-30-24-37-10-4-5-13-44(37)33-47)39-25-22-38(23-26-39)45-17-6-18-46(32-45)49-34-48-31-29-42-15-8-20-51-50-19-7-14-40-27-28-41-16-9-21-52(58(41)56(40)50)53(35-49)59(48)57(42)51/h1-36H. The molecule has 0 spiro atoms. The minimum Gasteiger partial charge on any atom is -0.228 e. The topological polar surface area (TPSA) is 25.8 Å². The van der Waals surface area contributed by atoms with E-state index in [9.17, 15) is 0 Å². The molecule has 0 bridgehead atoms. The minimum absolute atomic E-state index is 0.713. The van der Waals surface area contributed by atoms with Crippen LogP contribution in [0.15, 0.2) is 218 Å². The maximum absolute atomic E-state index is 5.12. The van der Waals surface area contributed by atoms with E-state index in [0.29, 0.717) is 5.82 Å². The molecule has 12 aromatic carbocycles. The van der Waals surface area contributed by atoms with Crippen LogP contribution in [0.3, 0.4) is 0 Å². The summed E-state index contributed by atoms with van der Waals surface area (Å²) in [5.74, 6) is 0.713. The summed E-state index contributed by atoms with van der Waals surface area (Å²) < 4.78 is 0. The summed E-state index contributed by atoms with van der Waals surface area (Å²) in [7, 11) is 0. The number of nitrogens with zero attached hydrogens (tertiary/aromatic N) is 2. The summed E-state index contributed by atoms with van der Waals surface area (Å²) in [6.45, 7) is 0. The van der Waals surface area contributed by atoms with Gasteiger partial charge in [0.05, 0.1) is 11.4 Å². The molecule has 0 atom stereocenters. The van der Waals surface area contributed by atoms with E-state index in [4.69, 9.17) is 9.97 Å². The summed E-state index contributed by atoms with van der Waals surface area (Å²) in [4.78, 5) is 10.2. The first-order chi connectivity index (χ1) is 30.7. The Morgan fingerprint density at radius 3 is 1.34 bits per heavy atom. The van der Waals surface area contributed by atoms with Crippen LogP contribution < -0.4 is 0 Å². The highest BCUT2D eigenvalue weighted by molar-refractivity contribution is 6.37. The maximum Gasteiger partial charge on any atom is 0.160 e. The summed E-state index contributed by atoms with van der Waals surface area (Å²) in [5.41, 5.74) is 9.62. The zero-order valence-corrected chi connectivity index (χ0v) is 33.7. The molecule has 0 saturated heterocycles. The van der Waals surface area contributed by atoms with Crippen molar-refractivity contribution in [3.8, 4) is 56.2 Å². The predicted molar refractivity (Wildman–Crippen MR) is 263 cm³/mol. The Morgan fingerprint density at radius 1 is 0.210 bits per heavy atom. The van der Waals surface area contributed by atoms with Crippen LogP contribution in [0, 0.1) is 0 Å². The summed E-state index contributed by atoms with van der Waals surface area (Å²) in [6, 6.07) is 79.6. The molecule has 0 radical (unpaired) electrons. The van der Waals surface area contributed by atoms with Gasteiger partial charge in [-0.3, -0.25) is 0 Å². The van der Waals surface area contributed by atoms with Crippen molar-refractivity contribution in [3.05, 3.63) is 218 Å². The zero-order valence-electron chi connectivity index (χ0n) is 33.7. The Bertz CT molecular complexity index is 3900. The van der Waals surface area contributed by atoms with Gasteiger partial charge in [-0.2, -0.15) is 0 Å². The van der Waals surface area contributed by atoms with Crippen molar-refractivity contribution in [2.75, 3.05) is 0 Å². The Kier molecular flexibility index (Phi) is 7.64. The maximum atomic E-state index is 5.12. The van der Waals surface area contributed by atoms with Crippen molar-refractivity contribution in [2.45, 2.75) is 0 Å². The smallest absolute Gasteiger partial charge is 0.160 e. The number of aromatic nitrogens is 2. The van der Waals surface area contributed by atoms with Crippen LogP contribution in [-0.2, 0) is 0 Å². The fourth-order valence-electron chi connectivity index (χ4n) is 9.97. The minimum atomic E-state index is 0.713. The van der Waals surface area contributed by atoms with E-state index in [1.165, 1.54) is 92.1 Å². The van der Waals surface area contributed by atoms with E-state index in [0.717, 1.165) is 33.6 Å². The fourth-order valence-corrected chi connectivity index (χ4v) is 9.97. The highest BCUT2D eigenvalue weighted by atomic mass is 14.9. The van der Waals surface area contributed by atoms with E-state index >= 15 is 0 Å². The van der Waals surface area contributed by atoms with Crippen molar-refractivity contribution < 1.29 is 0 Å². The number of rotatable bonds is 5. The van der Waals surface area contributed by atoms with Crippen molar-refractivity contribution in [3.63, 3.8) is 0 Å². The number of hydrogen-bond acceptors (Lipinski definition) is 2. The Hall–Kier alpha value is -8.20. The summed E-state index contributed by atoms with van der Waals surface area (Å²) >= 11 is 0. The van der Waals surface area contributed by atoms with Crippen molar-refractivity contribution in [2.24, 2.45) is 0 Å². The van der Waals surface area contributed by atoms with Crippen molar-refractivity contribution >= 4 is 75.4 Å². The molecule has 0 unspecified atom stereocenters. The summed E-state index contributed by atoms with van der Waals surface area (Å²) in [5, 5.41) is 17.9. The molecule has 1 heterocycles. The van der Waals surface area contributed by atoms with Crippen LogP contribution in [0.4, 0.5) is 0 Å². The van der Waals surface area contributed by atoms with E-state index in [2.05, 4.69) is 200 Å². The second kappa shape index (κ2) is 13.7. The molecular weight excluding hydrogens is 749 g/mol. The monoisotopic (exact) mass is 784 g/mol. The molecule has 0 fully saturated rings. The fraction of sp³-hybridized carbons (Fsp3) is 0. The Balaban J connectivity index is 0.943. The molecule has 0 saturated carbocycles. The highest BCUT2D eigenvalue weighted by Crippen LogP contribution is 2.45. The molecule has 0 aliphatic carbocycles. The van der Waals surface area contributed by atoms with Gasteiger partial charge in [0.2, 0.25) is 0 Å². The zero-order chi connectivity index (χ0) is 40.7. The van der Waals surface area contributed by atoms with Gasteiger partial charge in [-0.25, -0.2) is 9.97 Å². The third-order valence-electron chi connectivity index (χ3n) is 12.9. The highest BCUT2D eigenvalue weighted by Gasteiger charge is 2.17. The lowest BCUT2D eigenvalue weighted by Crippen LogP contribution is -1.96. The molecule has 2 heteroatoms. The van der Waals surface area contributed by atoms with Crippen LogP contribution >= 0.6 is 0 Å². The molecule has 62 heavy (non-hydrogen) atoms. The normalized spacial score (nSPS) is 11.9. The first-order valence-electron chi connectivity index (χ1n) is 21.3. The third-order valence-corrected chi connectivity index (χ3v) is 12.9. The quantitative estimate of drug-likeness (QED) is 0.162. The van der Waals surface area contributed by atoms with Gasteiger partial charge in [-0.1, -0.05) is 188 Å². The van der Waals surface area contributed by atoms with Gasteiger partial charge in [0.15, 0.2) is 5.82 Å². The van der Waals surface area contributed by atoms with Gasteiger partial charge in [0, 0.05) is 16.7 Å². The average Bonchev–Trinajstić information content (AvgIpc) is 3.35. The predicted octanol–water partition coefficient (Wildman–Crippen LogP) is 16.3. The van der Waals surface area contributed by atoms with Crippen LogP contribution in [0.25, 0.3) is 132 Å². The van der Waals surface area contributed by atoms with E-state index in [1.807, 2.05) is 18.2 Å². The lowest BCUT2D eigenvalue weighted by molar-refractivity contribution is 1.18. The van der Waals surface area contributed by atoms with Gasteiger partial charge in [0.1, 0.15) is 0 Å². The molecule has 13 aromatic rings. The van der Waals surface area contributed by atoms with Crippen molar-refractivity contribution in [1.29, 1.82) is 0 Å². The molecular formula is C60H36N2. The first-order valence-corrected chi connectivity index (χ1v) is 21.3.